The number of aliphatic hydroxyl groups excluding tert-OH is 1. The summed E-state index contributed by atoms with van der Waals surface area (Å²) in [6, 6.07) is 17.4. The molecule has 1 saturated heterocycles. The molecule has 0 radical (unpaired) electrons. The van der Waals surface area contributed by atoms with E-state index in [0.717, 1.165) is 4.90 Å². The smallest absolute Gasteiger partial charge is 0.300 e. The Morgan fingerprint density at radius 3 is 2.09 bits per heavy atom. The summed E-state index contributed by atoms with van der Waals surface area (Å²) < 4.78 is 37.9. The molecule has 0 aliphatic carbocycles. The maximum atomic E-state index is 14.8. The molecule has 32 heavy (non-hydrogen) atoms. The number of hydrogen-bond donors (Lipinski definition) is 2. The molecule has 1 atom stereocenters. The Morgan fingerprint density at radius 2 is 1.50 bits per heavy atom. The minimum Gasteiger partial charge on any atom is -0.507 e. The van der Waals surface area contributed by atoms with E-state index in [1.54, 1.807) is 36.4 Å². The molecular formula is C23H17FN2O5S. The topological polar surface area (TPSA) is 118 Å². The summed E-state index contributed by atoms with van der Waals surface area (Å²) in [5, 5.41) is 16.0. The zero-order chi connectivity index (χ0) is 23.0. The van der Waals surface area contributed by atoms with Crippen molar-refractivity contribution in [1.82, 2.24) is 0 Å². The summed E-state index contributed by atoms with van der Waals surface area (Å²) >= 11 is 0. The molecule has 3 aromatic rings. The lowest BCUT2D eigenvalue weighted by atomic mass is 9.95. The number of Topliss-reactive ketones (excluding diaryl/α,β-unsaturated/α-hetero) is 1. The van der Waals surface area contributed by atoms with Crippen LogP contribution in [-0.2, 0) is 19.6 Å². The predicted octanol–water partition coefficient (Wildman–Crippen LogP) is 3.10. The standard InChI is InChI=1S/C23H17FN2O5S/c24-18-9-5-4-8-17(18)20-19(21(27)14-6-2-1-3-7-14)22(28)23(29)26(20)15-10-12-16(13-11-15)32(25,30)31/h1-13,20,27H,(H2,25,30,31). The quantitative estimate of drug-likeness (QED) is 0.358. The second-order valence-corrected chi connectivity index (χ2v) is 8.66. The number of anilines is 1. The zero-order valence-electron chi connectivity index (χ0n) is 16.5. The van der Waals surface area contributed by atoms with Gasteiger partial charge in [-0.1, -0.05) is 48.5 Å². The lowest BCUT2D eigenvalue weighted by molar-refractivity contribution is -0.132. The van der Waals surface area contributed by atoms with Crippen molar-refractivity contribution in [1.29, 1.82) is 0 Å². The molecule has 3 N–H and O–H groups in total. The average Bonchev–Trinajstić information content (AvgIpc) is 3.04. The van der Waals surface area contributed by atoms with Gasteiger partial charge in [0.2, 0.25) is 10.0 Å². The fraction of sp³-hybridized carbons (Fsp3) is 0.0435. The molecule has 9 heteroatoms. The van der Waals surface area contributed by atoms with Crippen LogP contribution in [-0.4, -0.2) is 25.2 Å². The second kappa shape index (κ2) is 8.03. The number of carbonyl (C=O) groups is 2. The van der Waals surface area contributed by atoms with Crippen molar-refractivity contribution >= 4 is 33.2 Å². The molecule has 1 aliphatic heterocycles. The Hall–Kier alpha value is -3.82. The zero-order valence-corrected chi connectivity index (χ0v) is 17.3. The molecule has 7 nitrogen and oxygen atoms in total. The maximum Gasteiger partial charge on any atom is 0.300 e. The predicted molar refractivity (Wildman–Crippen MR) is 115 cm³/mol. The molecule has 0 spiro atoms. The van der Waals surface area contributed by atoms with E-state index in [1.807, 2.05) is 0 Å². The molecule has 3 aromatic carbocycles. The lowest BCUT2D eigenvalue weighted by Gasteiger charge is -2.25. The van der Waals surface area contributed by atoms with Crippen LogP contribution in [0.1, 0.15) is 17.2 Å². The van der Waals surface area contributed by atoms with Crippen LogP contribution in [0, 0.1) is 5.82 Å². The summed E-state index contributed by atoms with van der Waals surface area (Å²) in [4.78, 5) is 26.8. The van der Waals surface area contributed by atoms with Gasteiger partial charge in [0.15, 0.2) is 0 Å². The van der Waals surface area contributed by atoms with Crippen molar-refractivity contribution < 1.29 is 27.5 Å². The Labute approximate surface area is 183 Å². The highest BCUT2D eigenvalue weighted by Crippen LogP contribution is 2.42. The summed E-state index contributed by atoms with van der Waals surface area (Å²) in [7, 11) is -3.98. The van der Waals surface area contributed by atoms with Gasteiger partial charge >= 0.3 is 0 Å². The first kappa shape index (κ1) is 21.4. The number of amides is 1. The minimum atomic E-state index is -3.98. The van der Waals surface area contributed by atoms with Gasteiger partial charge in [0.05, 0.1) is 16.5 Å². The number of carbonyl (C=O) groups excluding carboxylic acids is 2. The number of sulfonamides is 1. The largest absolute Gasteiger partial charge is 0.507 e. The second-order valence-electron chi connectivity index (χ2n) is 7.10. The first-order chi connectivity index (χ1) is 15.2. The third-order valence-electron chi connectivity index (χ3n) is 5.13. The highest BCUT2D eigenvalue weighted by molar-refractivity contribution is 7.89. The van der Waals surface area contributed by atoms with E-state index in [2.05, 4.69) is 0 Å². The first-order valence-corrected chi connectivity index (χ1v) is 11.0. The van der Waals surface area contributed by atoms with Crippen molar-refractivity contribution in [2.24, 2.45) is 5.14 Å². The van der Waals surface area contributed by atoms with Crippen LogP contribution < -0.4 is 10.0 Å². The van der Waals surface area contributed by atoms with Gasteiger partial charge in [-0.2, -0.15) is 0 Å². The van der Waals surface area contributed by atoms with E-state index in [-0.39, 0.29) is 27.3 Å². The highest BCUT2D eigenvalue weighted by atomic mass is 32.2. The van der Waals surface area contributed by atoms with Crippen LogP contribution in [0.15, 0.2) is 89.3 Å². The molecule has 1 aliphatic rings. The fourth-order valence-corrected chi connectivity index (χ4v) is 4.15. The van der Waals surface area contributed by atoms with Crippen molar-refractivity contribution in [3.05, 3.63) is 101 Å². The minimum absolute atomic E-state index is 0.000274. The summed E-state index contributed by atoms with van der Waals surface area (Å²) in [5.41, 5.74) is 0.151. The van der Waals surface area contributed by atoms with Crippen molar-refractivity contribution in [2.45, 2.75) is 10.9 Å². The number of nitrogens with two attached hydrogens (primary N) is 1. The monoisotopic (exact) mass is 452 g/mol. The Balaban J connectivity index is 1.94. The van der Waals surface area contributed by atoms with Crippen LogP contribution in [0.2, 0.25) is 0 Å². The molecule has 1 unspecified atom stereocenters. The molecule has 0 aromatic heterocycles. The van der Waals surface area contributed by atoms with Crippen LogP contribution in [0.25, 0.3) is 5.76 Å². The third-order valence-corrected chi connectivity index (χ3v) is 6.06. The molecule has 4 rings (SSSR count). The number of rotatable bonds is 4. The number of halogens is 1. The molecule has 162 valence electrons. The average molecular weight is 452 g/mol. The molecule has 1 amide bonds. The molecular weight excluding hydrogens is 435 g/mol. The van der Waals surface area contributed by atoms with Gasteiger partial charge in [-0.3, -0.25) is 14.5 Å². The van der Waals surface area contributed by atoms with Crippen LogP contribution >= 0.6 is 0 Å². The highest BCUT2D eigenvalue weighted by Gasteiger charge is 2.47. The van der Waals surface area contributed by atoms with Crippen molar-refractivity contribution in [3.8, 4) is 0 Å². The number of nitrogens with zero attached hydrogens (tertiary/aromatic N) is 1. The van der Waals surface area contributed by atoms with Crippen LogP contribution in [0.4, 0.5) is 10.1 Å². The van der Waals surface area contributed by atoms with Gasteiger partial charge in [-0.05, 0) is 30.3 Å². The fourth-order valence-electron chi connectivity index (χ4n) is 3.64. The van der Waals surface area contributed by atoms with E-state index in [0.29, 0.717) is 0 Å². The van der Waals surface area contributed by atoms with Gasteiger partial charge < -0.3 is 5.11 Å². The van der Waals surface area contributed by atoms with Gasteiger partial charge in [0.1, 0.15) is 11.6 Å². The SMILES string of the molecule is NS(=O)(=O)c1ccc(N2C(=O)C(=O)C(=C(O)c3ccccc3)C2c2ccccc2F)cc1. The van der Waals surface area contributed by atoms with Crippen LogP contribution in [0.5, 0.6) is 0 Å². The normalized spacial score (nSPS) is 18.2. The maximum absolute atomic E-state index is 14.8. The molecule has 0 saturated carbocycles. The lowest BCUT2D eigenvalue weighted by Crippen LogP contribution is -2.30. The van der Waals surface area contributed by atoms with Gasteiger partial charge in [-0.15, -0.1) is 0 Å². The Morgan fingerprint density at radius 1 is 0.906 bits per heavy atom. The number of aliphatic hydroxyl groups is 1. The molecule has 1 heterocycles. The van der Waals surface area contributed by atoms with E-state index >= 15 is 0 Å². The number of primary sulfonamides is 1. The van der Waals surface area contributed by atoms with Gasteiger partial charge in [-0.25, -0.2) is 17.9 Å². The van der Waals surface area contributed by atoms with Crippen LogP contribution in [0.3, 0.4) is 0 Å². The van der Waals surface area contributed by atoms with E-state index < -0.39 is 39.3 Å². The summed E-state index contributed by atoms with van der Waals surface area (Å²) in [5.74, 6) is -3.10. The van der Waals surface area contributed by atoms with Crippen molar-refractivity contribution in [2.75, 3.05) is 4.90 Å². The van der Waals surface area contributed by atoms with E-state index in [9.17, 15) is 27.5 Å². The Bertz CT molecular complexity index is 1350. The number of ketones is 1. The summed E-state index contributed by atoms with van der Waals surface area (Å²) in [6.07, 6.45) is 0. The first-order valence-electron chi connectivity index (χ1n) is 9.44. The third kappa shape index (κ3) is 3.68. The van der Waals surface area contributed by atoms with Gasteiger partial charge in [0, 0.05) is 16.8 Å². The van der Waals surface area contributed by atoms with Gasteiger partial charge in [0.25, 0.3) is 11.7 Å². The van der Waals surface area contributed by atoms with E-state index in [4.69, 9.17) is 5.14 Å². The molecule has 1 fully saturated rings. The Kier molecular flexibility index (Phi) is 5.37. The van der Waals surface area contributed by atoms with E-state index in [1.165, 1.54) is 42.5 Å². The number of hydrogen-bond acceptors (Lipinski definition) is 5. The number of benzene rings is 3. The molecule has 0 bridgehead atoms. The van der Waals surface area contributed by atoms with Crippen molar-refractivity contribution in [3.63, 3.8) is 0 Å². The summed E-state index contributed by atoms with van der Waals surface area (Å²) in [6.45, 7) is 0.